The molecule has 0 saturated heterocycles. The zero-order valence-corrected chi connectivity index (χ0v) is 12.8. The molecule has 0 bridgehead atoms. The molecule has 0 fully saturated rings. The van der Waals surface area contributed by atoms with E-state index in [1.54, 1.807) is 19.2 Å². The molecule has 0 amide bonds. The predicted molar refractivity (Wildman–Crippen MR) is 78.8 cm³/mol. The van der Waals surface area contributed by atoms with Crippen LogP contribution >= 0.6 is 0 Å². The maximum Gasteiger partial charge on any atom is 0.242 e. The van der Waals surface area contributed by atoms with E-state index in [2.05, 4.69) is 12.2 Å². The lowest BCUT2D eigenvalue weighted by atomic mass is 10.1. The van der Waals surface area contributed by atoms with Crippen LogP contribution in [0.15, 0.2) is 29.2 Å². The van der Waals surface area contributed by atoms with E-state index in [0.29, 0.717) is 11.4 Å². The van der Waals surface area contributed by atoms with Gasteiger partial charge in [0.25, 0.3) is 0 Å². The smallest absolute Gasteiger partial charge is 0.242 e. The summed E-state index contributed by atoms with van der Waals surface area (Å²) in [6.07, 6.45) is 2.86. The summed E-state index contributed by atoms with van der Waals surface area (Å²) >= 11 is 0. The fourth-order valence-electron chi connectivity index (χ4n) is 1.90. The van der Waals surface area contributed by atoms with Gasteiger partial charge in [-0.1, -0.05) is 25.5 Å². The van der Waals surface area contributed by atoms with Crippen molar-refractivity contribution in [1.29, 1.82) is 0 Å². The van der Waals surface area contributed by atoms with E-state index >= 15 is 0 Å². The third kappa shape index (κ3) is 4.60. The maximum atomic E-state index is 12.3. The monoisotopic (exact) mass is 284 g/mol. The Morgan fingerprint density at radius 1 is 1.21 bits per heavy atom. The first-order valence-electron chi connectivity index (χ1n) is 6.72. The second-order valence-electron chi connectivity index (χ2n) is 4.68. The van der Waals surface area contributed by atoms with Crippen LogP contribution in [0.1, 0.15) is 25.3 Å². The molecule has 0 spiro atoms. The van der Waals surface area contributed by atoms with Gasteiger partial charge < -0.3 is 5.32 Å². The van der Waals surface area contributed by atoms with E-state index in [1.165, 1.54) is 9.87 Å². The molecule has 0 saturated carbocycles. The lowest BCUT2D eigenvalue weighted by Gasteiger charge is -2.17. The Hall–Kier alpha value is -0.910. The van der Waals surface area contributed by atoms with Crippen LogP contribution in [0.2, 0.25) is 0 Å². The molecule has 0 aliphatic carbocycles. The summed E-state index contributed by atoms with van der Waals surface area (Å²) in [6, 6.07) is 7.21. The Bertz CT molecular complexity index is 469. The molecule has 4 nitrogen and oxygen atoms in total. The van der Waals surface area contributed by atoms with Crippen LogP contribution in [0.3, 0.4) is 0 Å². The van der Waals surface area contributed by atoms with Crippen molar-refractivity contribution in [2.24, 2.45) is 0 Å². The van der Waals surface area contributed by atoms with Crippen molar-refractivity contribution in [3.8, 4) is 0 Å². The summed E-state index contributed by atoms with van der Waals surface area (Å²) in [6.45, 7) is 3.45. The van der Waals surface area contributed by atoms with Crippen molar-refractivity contribution in [3.63, 3.8) is 0 Å². The molecule has 1 aromatic carbocycles. The average molecular weight is 284 g/mol. The minimum absolute atomic E-state index is 0.374. The number of sulfonamides is 1. The molecular weight excluding hydrogens is 260 g/mol. The van der Waals surface area contributed by atoms with Crippen molar-refractivity contribution in [2.45, 2.75) is 31.1 Å². The normalized spacial score (nSPS) is 12.0. The topological polar surface area (TPSA) is 49.4 Å². The van der Waals surface area contributed by atoms with Crippen LogP contribution in [0.4, 0.5) is 0 Å². The first kappa shape index (κ1) is 16.1. The molecule has 108 valence electrons. The van der Waals surface area contributed by atoms with Crippen LogP contribution in [-0.2, 0) is 16.4 Å². The second kappa shape index (κ2) is 7.62. The van der Waals surface area contributed by atoms with Crippen LogP contribution in [-0.4, -0.2) is 39.9 Å². The van der Waals surface area contributed by atoms with E-state index in [4.69, 9.17) is 0 Å². The van der Waals surface area contributed by atoms with Gasteiger partial charge in [-0.05, 0) is 44.1 Å². The Balaban J connectivity index is 2.75. The van der Waals surface area contributed by atoms with Crippen molar-refractivity contribution >= 4 is 10.0 Å². The van der Waals surface area contributed by atoms with Gasteiger partial charge in [0.1, 0.15) is 0 Å². The summed E-state index contributed by atoms with van der Waals surface area (Å²) in [5, 5.41) is 3.01. The lowest BCUT2D eigenvalue weighted by Crippen LogP contribution is -2.29. The molecule has 0 aliphatic heterocycles. The number of hydrogen-bond acceptors (Lipinski definition) is 3. The molecule has 5 heteroatoms. The highest BCUT2D eigenvalue weighted by Gasteiger charge is 2.19. The zero-order valence-electron chi connectivity index (χ0n) is 12.0. The molecule has 19 heavy (non-hydrogen) atoms. The number of nitrogens with one attached hydrogen (secondary N) is 1. The molecule has 0 unspecified atom stereocenters. The van der Waals surface area contributed by atoms with Crippen molar-refractivity contribution in [3.05, 3.63) is 29.8 Å². The van der Waals surface area contributed by atoms with E-state index in [-0.39, 0.29) is 0 Å². The van der Waals surface area contributed by atoms with Crippen molar-refractivity contribution in [1.82, 2.24) is 9.62 Å². The minimum Gasteiger partial charge on any atom is -0.320 e. The van der Waals surface area contributed by atoms with Crippen LogP contribution in [0.25, 0.3) is 0 Å². The summed E-state index contributed by atoms with van der Waals surface area (Å²) in [5.41, 5.74) is 1.18. The number of benzene rings is 1. The van der Waals surface area contributed by atoms with Gasteiger partial charge in [0.2, 0.25) is 10.0 Å². The Morgan fingerprint density at radius 2 is 1.84 bits per heavy atom. The molecule has 0 aliphatic rings. The van der Waals surface area contributed by atoms with E-state index < -0.39 is 10.0 Å². The number of hydrogen-bond donors (Lipinski definition) is 1. The third-order valence-corrected chi connectivity index (χ3v) is 4.94. The van der Waals surface area contributed by atoms with E-state index in [1.807, 2.05) is 19.2 Å². The summed E-state index contributed by atoms with van der Waals surface area (Å²) < 4.78 is 26.0. The molecule has 0 aromatic heterocycles. The fourth-order valence-corrected chi connectivity index (χ4v) is 3.10. The zero-order chi connectivity index (χ0) is 14.3. The van der Waals surface area contributed by atoms with Gasteiger partial charge in [-0.25, -0.2) is 12.7 Å². The molecular formula is C14H24N2O2S. The molecule has 0 radical (unpaired) electrons. The number of nitrogens with zero attached hydrogens (tertiary/aromatic N) is 1. The van der Waals surface area contributed by atoms with Gasteiger partial charge >= 0.3 is 0 Å². The van der Waals surface area contributed by atoms with Gasteiger partial charge in [-0.2, -0.15) is 0 Å². The van der Waals surface area contributed by atoms with Crippen LogP contribution in [0.5, 0.6) is 0 Å². The molecule has 0 heterocycles. The predicted octanol–water partition coefficient (Wildman–Crippen LogP) is 1.87. The Morgan fingerprint density at radius 3 is 2.37 bits per heavy atom. The summed E-state index contributed by atoms with van der Waals surface area (Å²) in [7, 11) is 0.146. The minimum atomic E-state index is -3.35. The maximum absolute atomic E-state index is 12.3. The van der Waals surface area contributed by atoms with Gasteiger partial charge in [-0.15, -0.1) is 0 Å². The second-order valence-corrected chi connectivity index (χ2v) is 6.72. The standard InChI is InChI=1S/C14H24N2O2S/c1-4-6-13-7-9-14(10-8-13)19(17,18)16(3)12-5-11-15-2/h7-10,15H,4-6,11-12H2,1-3H3. The quantitative estimate of drug-likeness (QED) is 0.741. The first-order chi connectivity index (χ1) is 9.02. The van der Waals surface area contributed by atoms with Crippen molar-refractivity contribution < 1.29 is 8.42 Å². The summed E-state index contributed by atoms with van der Waals surface area (Å²) in [4.78, 5) is 0.374. The molecule has 1 rings (SSSR count). The highest BCUT2D eigenvalue weighted by atomic mass is 32.2. The average Bonchev–Trinajstić information content (AvgIpc) is 2.40. The van der Waals surface area contributed by atoms with Gasteiger partial charge in [0.15, 0.2) is 0 Å². The molecule has 1 aromatic rings. The highest BCUT2D eigenvalue weighted by molar-refractivity contribution is 7.89. The lowest BCUT2D eigenvalue weighted by molar-refractivity contribution is 0.458. The Labute approximate surface area is 116 Å². The molecule has 1 N–H and O–H groups in total. The largest absolute Gasteiger partial charge is 0.320 e. The van der Waals surface area contributed by atoms with E-state index in [9.17, 15) is 8.42 Å². The van der Waals surface area contributed by atoms with Crippen molar-refractivity contribution in [2.75, 3.05) is 27.2 Å². The fraction of sp³-hybridized carbons (Fsp3) is 0.571. The highest BCUT2D eigenvalue weighted by Crippen LogP contribution is 2.16. The first-order valence-corrected chi connectivity index (χ1v) is 8.16. The number of aryl methyl sites for hydroxylation is 1. The van der Waals surface area contributed by atoms with Crippen LogP contribution < -0.4 is 5.32 Å². The SMILES string of the molecule is CCCc1ccc(S(=O)(=O)N(C)CCCNC)cc1. The summed E-state index contributed by atoms with van der Waals surface area (Å²) in [5.74, 6) is 0. The Kier molecular flexibility index (Phi) is 6.48. The van der Waals surface area contributed by atoms with Gasteiger partial charge in [-0.3, -0.25) is 0 Å². The van der Waals surface area contributed by atoms with Crippen LogP contribution in [0, 0.1) is 0 Å². The third-order valence-electron chi connectivity index (χ3n) is 3.07. The van der Waals surface area contributed by atoms with Gasteiger partial charge in [0.05, 0.1) is 4.90 Å². The van der Waals surface area contributed by atoms with Gasteiger partial charge in [0, 0.05) is 13.6 Å². The number of rotatable bonds is 8. The van der Waals surface area contributed by atoms with E-state index in [0.717, 1.165) is 25.8 Å². The molecule has 0 atom stereocenters.